The highest BCUT2D eigenvalue weighted by Gasteiger charge is 2.29. The van der Waals surface area contributed by atoms with Crippen molar-refractivity contribution in [1.82, 2.24) is 20.5 Å². The zero-order valence-corrected chi connectivity index (χ0v) is 18.1. The molecule has 172 valence electrons. The highest BCUT2D eigenvalue weighted by Crippen LogP contribution is 2.31. The van der Waals surface area contributed by atoms with Crippen LogP contribution in [0.1, 0.15) is 39.0 Å². The summed E-state index contributed by atoms with van der Waals surface area (Å²) in [6, 6.07) is -0.105. The number of nitrogens with zero attached hydrogens (tertiary/aromatic N) is 4. The first-order chi connectivity index (χ1) is 14.9. The standard InChI is InChI=1S/C19H28ClFN6O4/c1-12-10-31-7-6-27(12)17-15(21)16(22-19(20)23-17)24-25-18(29)14(9-26(30)11-28)8-13-4-2-3-5-13/h11-14,30H,2-10H2,1H3,(H,25,29)(H,22,23,24)/t12-,14?/m0/s1. The van der Waals surface area contributed by atoms with Crippen molar-refractivity contribution in [3.05, 3.63) is 11.1 Å². The number of halogens is 2. The van der Waals surface area contributed by atoms with Gasteiger partial charge in [0.1, 0.15) is 0 Å². The maximum absolute atomic E-state index is 15.1. The molecular weight excluding hydrogens is 431 g/mol. The topological polar surface area (TPSA) is 120 Å². The SMILES string of the molecule is C[C@H]1COCCN1c1nc(Cl)nc(NNC(=O)C(CC2CCCC2)CN(O)C=O)c1F. The van der Waals surface area contributed by atoms with Gasteiger partial charge in [-0.25, -0.2) is 5.06 Å². The molecule has 1 unspecified atom stereocenters. The van der Waals surface area contributed by atoms with E-state index in [1.54, 1.807) is 4.90 Å². The number of hydrogen-bond acceptors (Lipinski definition) is 8. The van der Waals surface area contributed by atoms with Crippen LogP contribution in [0.4, 0.5) is 16.0 Å². The van der Waals surface area contributed by atoms with Crippen LogP contribution in [0.15, 0.2) is 0 Å². The van der Waals surface area contributed by atoms with Crippen LogP contribution in [0.25, 0.3) is 0 Å². The number of ether oxygens (including phenoxy) is 1. The molecule has 2 heterocycles. The van der Waals surface area contributed by atoms with Gasteiger partial charge in [-0.05, 0) is 30.9 Å². The second-order valence-electron chi connectivity index (χ2n) is 8.02. The number of morpholine rings is 1. The van der Waals surface area contributed by atoms with Gasteiger partial charge in [0.2, 0.25) is 23.4 Å². The van der Waals surface area contributed by atoms with Crippen LogP contribution in [0.2, 0.25) is 5.28 Å². The number of rotatable bonds is 9. The minimum absolute atomic E-state index is 0.0255. The molecule has 1 aliphatic carbocycles. The van der Waals surface area contributed by atoms with Crippen LogP contribution in [-0.4, -0.2) is 64.9 Å². The molecule has 12 heteroatoms. The molecule has 10 nitrogen and oxygen atoms in total. The predicted octanol–water partition coefficient (Wildman–Crippen LogP) is 1.98. The van der Waals surface area contributed by atoms with Crippen LogP contribution in [-0.2, 0) is 14.3 Å². The van der Waals surface area contributed by atoms with E-state index in [1.165, 1.54) is 0 Å². The lowest BCUT2D eigenvalue weighted by atomic mass is 9.92. The molecule has 31 heavy (non-hydrogen) atoms. The molecule has 2 atom stereocenters. The third-order valence-corrected chi connectivity index (χ3v) is 5.91. The number of amides is 2. The number of carbonyl (C=O) groups is 2. The number of carbonyl (C=O) groups excluding carboxylic acids is 2. The van der Waals surface area contributed by atoms with Crippen molar-refractivity contribution in [2.24, 2.45) is 11.8 Å². The fourth-order valence-electron chi connectivity index (χ4n) is 4.13. The molecule has 3 rings (SSSR count). The minimum atomic E-state index is -0.748. The van der Waals surface area contributed by atoms with Crippen molar-refractivity contribution in [3.63, 3.8) is 0 Å². The first kappa shape index (κ1) is 23.4. The van der Waals surface area contributed by atoms with E-state index in [0.29, 0.717) is 37.2 Å². The van der Waals surface area contributed by atoms with E-state index < -0.39 is 17.6 Å². The largest absolute Gasteiger partial charge is 0.377 e. The van der Waals surface area contributed by atoms with E-state index in [0.717, 1.165) is 25.7 Å². The minimum Gasteiger partial charge on any atom is -0.377 e. The van der Waals surface area contributed by atoms with E-state index in [1.807, 2.05) is 6.92 Å². The summed E-state index contributed by atoms with van der Waals surface area (Å²) in [5.41, 5.74) is 4.93. The fraction of sp³-hybridized carbons (Fsp3) is 0.684. The summed E-state index contributed by atoms with van der Waals surface area (Å²) in [5.74, 6) is -1.79. The zero-order chi connectivity index (χ0) is 22.4. The molecule has 2 fully saturated rings. The summed E-state index contributed by atoms with van der Waals surface area (Å²) in [6.07, 6.45) is 4.97. The Morgan fingerprint density at radius 3 is 2.87 bits per heavy atom. The molecule has 1 aliphatic heterocycles. The van der Waals surface area contributed by atoms with Gasteiger partial charge in [-0.1, -0.05) is 25.7 Å². The molecule has 1 aromatic rings. The molecule has 1 saturated heterocycles. The van der Waals surface area contributed by atoms with Gasteiger partial charge in [-0.3, -0.25) is 25.6 Å². The summed E-state index contributed by atoms with van der Waals surface area (Å²) in [6.45, 7) is 3.03. The summed E-state index contributed by atoms with van der Waals surface area (Å²) in [4.78, 5) is 33.1. The van der Waals surface area contributed by atoms with Gasteiger partial charge in [0.15, 0.2) is 11.6 Å². The number of hydrogen-bond donors (Lipinski definition) is 3. The molecule has 1 aromatic heterocycles. The quantitative estimate of drug-likeness (QED) is 0.222. The Kier molecular flexibility index (Phi) is 8.22. The first-order valence-corrected chi connectivity index (χ1v) is 10.8. The zero-order valence-electron chi connectivity index (χ0n) is 17.4. The average molecular weight is 459 g/mol. The predicted molar refractivity (Wildman–Crippen MR) is 111 cm³/mol. The Balaban J connectivity index is 1.70. The summed E-state index contributed by atoms with van der Waals surface area (Å²) in [7, 11) is 0. The smallest absolute Gasteiger partial charge is 0.243 e. The van der Waals surface area contributed by atoms with Crippen LogP contribution in [0.5, 0.6) is 0 Å². The van der Waals surface area contributed by atoms with Crippen LogP contribution in [0, 0.1) is 17.7 Å². The highest BCUT2D eigenvalue weighted by molar-refractivity contribution is 6.28. The number of hydroxylamine groups is 2. The summed E-state index contributed by atoms with van der Waals surface area (Å²) in [5, 5.41) is 9.85. The Bertz CT molecular complexity index is 782. The van der Waals surface area contributed by atoms with Gasteiger partial charge in [-0.15, -0.1) is 0 Å². The van der Waals surface area contributed by atoms with Crippen LogP contribution in [0.3, 0.4) is 0 Å². The van der Waals surface area contributed by atoms with Crippen LogP contribution < -0.4 is 15.8 Å². The molecule has 2 aliphatic rings. The van der Waals surface area contributed by atoms with E-state index in [4.69, 9.17) is 16.3 Å². The lowest BCUT2D eigenvalue weighted by molar-refractivity contribution is -0.154. The second kappa shape index (κ2) is 10.9. The van der Waals surface area contributed by atoms with Gasteiger partial charge in [0, 0.05) is 6.54 Å². The van der Waals surface area contributed by atoms with E-state index >= 15 is 4.39 Å². The number of aromatic nitrogens is 2. The highest BCUT2D eigenvalue weighted by atomic mass is 35.5. The molecule has 1 saturated carbocycles. The normalized spacial score (nSPS) is 20.4. The Hall–Kier alpha value is -2.24. The van der Waals surface area contributed by atoms with Gasteiger partial charge in [0.05, 0.1) is 31.7 Å². The lowest BCUT2D eigenvalue weighted by Crippen LogP contribution is -2.45. The molecule has 0 aromatic carbocycles. The third kappa shape index (κ3) is 6.14. The third-order valence-electron chi connectivity index (χ3n) is 5.74. The Labute approximate surface area is 185 Å². The molecule has 2 amide bonds. The summed E-state index contributed by atoms with van der Waals surface area (Å²) >= 11 is 5.99. The number of anilines is 2. The Morgan fingerprint density at radius 2 is 2.19 bits per heavy atom. The van der Waals surface area contributed by atoms with Crippen molar-refractivity contribution in [3.8, 4) is 0 Å². The monoisotopic (exact) mass is 458 g/mol. The van der Waals surface area contributed by atoms with E-state index in [2.05, 4.69) is 20.8 Å². The number of nitrogens with one attached hydrogen (secondary N) is 2. The second-order valence-corrected chi connectivity index (χ2v) is 8.36. The summed E-state index contributed by atoms with van der Waals surface area (Å²) < 4.78 is 20.5. The van der Waals surface area contributed by atoms with Gasteiger partial charge in [-0.2, -0.15) is 14.4 Å². The van der Waals surface area contributed by atoms with E-state index in [-0.39, 0.29) is 35.9 Å². The maximum Gasteiger partial charge on any atom is 0.243 e. The van der Waals surface area contributed by atoms with Crippen molar-refractivity contribution >= 4 is 35.6 Å². The molecule has 0 radical (unpaired) electrons. The molecule has 0 bridgehead atoms. The van der Waals surface area contributed by atoms with Crippen molar-refractivity contribution in [2.45, 2.75) is 45.1 Å². The lowest BCUT2D eigenvalue weighted by Gasteiger charge is -2.34. The van der Waals surface area contributed by atoms with Crippen molar-refractivity contribution < 1.29 is 23.9 Å². The fourth-order valence-corrected chi connectivity index (χ4v) is 4.29. The molecule has 0 spiro atoms. The molecular formula is C19H28ClFN6O4. The van der Waals surface area contributed by atoms with Gasteiger partial charge in [0.25, 0.3) is 0 Å². The van der Waals surface area contributed by atoms with Crippen molar-refractivity contribution in [2.75, 3.05) is 36.6 Å². The van der Waals surface area contributed by atoms with Crippen LogP contribution >= 0.6 is 11.6 Å². The molecule has 3 N–H and O–H groups in total. The first-order valence-electron chi connectivity index (χ1n) is 10.4. The van der Waals surface area contributed by atoms with Gasteiger partial charge >= 0.3 is 0 Å². The van der Waals surface area contributed by atoms with Crippen molar-refractivity contribution in [1.29, 1.82) is 0 Å². The average Bonchev–Trinajstić information content (AvgIpc) is 3.27. The Morgan fingerprint density at radius 1 is 1.45 bits per heavy atom. The van der Waals surface area contributed by atoms with Gasteiger partial charge < -0.3 is 9.64 Å². The number of hydrazine groups is 1. The van der Waals surface area contributed by atoms with E-state index in [9.17, 15) is 14.8 Å². The maximum atomic E-state index is 15.1.